The first kappa shape index (κ1) is 27.0. The minimum Gasteiger partial charge on any atom is -0.403 e. The summed E-state index contributed by atoms with van der Waals surface area (Å²) in [6, 6.07) is 7.93. The molecule has 3 aliphatic rings. The number of carbonyl (C=O) groups excluding carboxylic acids is 2. The third-order valence-electron chi connectivity index (χ3n) is 8.22. The summed E-state index contributed by atoms with van der Waals surface area (Å²) in [6.45, 7) is 2.35. The van der Waals surface area contributed by atoms with Crippen molar-refractivity contribution in [1.82, 2.24) is 24.5 Å². The van der Waals surface area contributed by atoms with Crippen LogP contribution in [0.1, 0.15) is 46.4 Å². The fraction of sp³-hybridized carbons (Fsp3) is 0.379. The Hall–Kier alpha value is -4.19. The van der Waals surface area contributed by atoms with Crippen molar-refractivity contribution in [2.45, 2.75) is 30.8 Å². The third kappa shape index (κ3) is 4.75. The molecular weight excluding hydrogens is 539 g/mol. The lowest BCUT2D eigenvalue weighted by molar-refractivity contribution is 0.0561. The van der Waals surface area contributed by atoms with E-state index in [4.69, 9.17) is 4.74 Å². The van der Waals surface area contributed by atoms with Gasteiger partial charge in [-0.25, -0.2) is 22.6 Å². The molecule has 6 rings (SSSR count). The third-order valence-corrected chi connectivity index (χ3v) is 8.22. The number of likely N-dealkylation sites (N-methyl/N-ethyl adjacent to an activating group) is 1. The lowest BCUT2D eigenvalue weighted by Gasteiger charge is -2.42. The number of hydrogen-bond acceptors (Lipinski definition) is 6. The zero-order valence-electron chi connectivity index (χ0n) is 22.3. The molecule has 0 aliphatic carbocycles. The Labute approximate surface area is 233 Å². The van der Waals surface area contributed by atoms with Crippen LogP contribution in [-0.2, 0) is 0 Å². The summed E-state index contributed by atoms with van der Waals surface area (Å²) in [5.74, 6) is -4.78. The Kier molecular flexibility index (Phi) is 7.02. The SMILES string of the molecule is CN1CCN(C(=O)Oc2c3n(ncc2=O)[C@@H](C(c2cccc(F)c2)c2cccc(F)c2F)[C@H]2CCCN2C3=O)CC1. The molecule has 0 radical (unpaired) electrons. The van der Waals surface area contributed by atoms with Gasteiger partial charge in [-0.15, -0.1) is 0 Å². The predicted molar refractivity (Wildman–Crippen MR) is 141 cm³/mol. The fourth-order valence-corrected chi connectivity index (χ4v) is 6.20. The lowest BCUT2D eigenvalue weighted by Crippen LogP contribution is -2.52. The maximum absolute atomic E-state index is 15.4. The highest BCUT2D eigenvalue weighted by atomic mass is 19.2. The van der Waals surface area contributed by atoms with Gasteiger partial charge in [0.05, 0.1) is 18.3 Å². The Morgan fingerprint density at radius 3 is 2.54 bits per heavy atom. The number of ether oxygens (including phenoxy) is 1. The highest BCUT2D eigenvalue weighted by molar-refractivity contribution is 5.97. The molecule has 2 fully saturated rings. The topological polar surface area (TPSA) is 88.0 Å². The predicted octanol–water partition coefficient (Wildman–Crippen LogP) is 3.40. The minimum absolute atomic E-state index is 0.0516. The number of rotatable bonds is 4. The van der Waals surface area contributed by atoms with Gasteiger partial charge in [0.2, 0.25) is 11.2 Å². The molecular formula is C29H28F3N5O4. The van der Waals surface area contributed by atoms with Crippen molar-refractivity contribution < 1.29 is 27.5 Å². The smallest absolute Gasteiger partial charge is 0.403 e. The van der Waals surface area contributed by atoms with E-state index in [9.17, 15) is 23.2 Å². The summed E-state index contributed by atoms with van der Waals surface area (Å²) < 4.78 is 51.4. The van der Waals surface area contributed by atoms with Gasteiger partial charge < -0.3 is 19.4 Å². The summed E-state index contributed by atoms with van der Waals surface area (Å²) >= 11 is 0. The van der Waals surface area contributed by atoms with Gasteiger partial charge in [-0.1, -0.05) is 24.3 Å². The quantitative estimate of drug-likeness (QED) is 0.481. The average molecular weight is 568 g/mol. The van der Waals surface area contributed by atoms with Crippen LogP contribution >= 0.6 is 0 Å². The second kappa shape index (κ2) is 10.7. The van der Waals surface area contributed by atoms with E-state index in [-0.39, 0.29) is 11.3 Å². The summed E-state index contributed by atoms with van der Waals surface area (Å²) in [7, 11) is 1.93. The molecule has 3 aromatic rings. The van der Waals surface area contributed by atoms with E-state index in [1.165, 1.54) is 39.9 Å². The van der Waals surface area contributed by atoms with E-state index in [1.54, 1.807) is 11.0 Å². The molecule has 0 spiro atoms. The molecule has 3 atom stereocenters. The van der Waals surface area contributed by atoms with Gasteiger partial charge in [-0.05, 0) is 43.7 Å². The molecule has 2 aromatic carbocycles. The standard InChI is InChI=1S/C29H28F3N5O4/c1-34-11-13-35(14-12-34)29(40)41-27-22(38)16-33-37-25(21-9-4-10-36(21)28(39)26(27)37)23(17-5-2-6-18(30)15-17)19-7-3-8-20(31)24(19)32/h2-3,5-8,15-16,21,23,25H,4,9-14H2,1H3/t21-,23?,25-/m1/s1. The molecule has 0 saturated carbocycles. The van der Waals surface area contributed by atoms with Crippen LogP contribution in [0, 0.1) is 17.5 Å². The molecule has 0 bridgehead atoms. The van der Waals surface area contributed by atoms with Crippen LogP contribution in [0.2, 0.25) is 0 Å². The number of aromatic nitrogens is 2. The Morgan fingerprint density at radius 1 is 1.02 bits per heavy atom. The number of piperazine rings is 1. The summed E-state index contributed by atoms with van der Waals surface area (Å²) in [5.41, 5.74) is -0.726. The van der Waals surface area contributed by atoms with Crippen molar-refractivity contribution in [1.29, 1.82) is 0 Å². The maximum Gasteiger partial charge on any atom is 0.415 e. The van der Waals surface area contributed by atoms with Crippen molar-refractivity contribution >= 4 is 12.0 Å². The van der Waals surface area contributed by atoms with E-state index in [1.807, 2.05) is 11.9 Å². The first-order valence-electron chi connectivity index (χ1n) is 13.5. The van der Waals surface area contributed by atoms with Gasteiger partial charge in [-0.2, -0.15) is 5.10 Å². The highest BCUT2D eigenvalue weighted by Gasteiger charge is 2.49. The van der Waals surface area contributed by atoms with E-state index >= 15 is 4.39 Å². The molecule has 0 N–H and O–H groups in total. The van der Waals surface area contributed by atoms with Gasteiger partial charge in [0.1, 0.15) is 5.82 Å². The molecule has 9 nitrogen and oxygen atoms in total. The van der Waals surface area contributed by atoms with E-state index < -0.39 is 58.6 Å². The van der Waals surface area contributed by atoms with Crippen LogP contribution in [0.4, 0.5) is 18.0 Å². The molecule has 41 heavy (non-hydrogen) atoms. The van der Waals surface area contributed by atoms with Crippen molar-refractivity contribution in [3.05, 3.63) is 93.2 Å². The Balaban J connectivity index is 1.52. The van der Waals surface area contributed by atoms with Crippen LogP contribution in [0.5, 0.6) is 5.75 Å². The number of hydrogen-bond donors (Lipinski definition) is 0. The highest BCUT2D eigenvalue weighted by Crippen LogP contribution is 2.46. The van der Waals surface area contributed by atoms with Crippen LogP contribution in [0.25, 0.3) is 0 Å². The summed E-state index contributed by atoms with van der Waals surface area (Å²) in [4.78, 5) is 45.0. The summed E-state index contributed by atoms with van der Waals surface area (Å²) in [6.07, 6.45) is 1.31. The molecule has 1 unspecified atom stereocenters. The number of fused-ring (bicyclic) bond motifs is 2. The van der Waals surface area contributed by atoms with E-state index in [0.29, 0.717) is 51.1 Å². The van der Waals surface area contributed by atoms with Crippen LogP contribution < -0.4 is 10.2 Å². The number of halogens is 3. The first-order valence-corrected chi connectivity index (χ1v) is 13.5. The van der Waals surface area contributed by atoms with Gasteiger partial charge >= 0.3 is 6.09 Å². The lowest BCUT2D eigenvalue weighted by atomic mass is 9.79. The van der Waals surface area contributed by atoms with Crippen molar-refractivity contribution in [2.24, 2.45) is 0 Å². The second-order valence-corrected chi connectivity index (χ2v) is 10.7. The van der Waals surface area contributed by atoms with Crippen molar-refractivity contribution in [2.75, 3.05) is 39.8 Å². The molecule has 2 amide bonds. The van der Waals surface area contributed by atoms with Gasteiger partial charge in [0.15, 0.2) is 17.3 Å². The molecule has 12 heteroatoms. The minimum atomic E-state index is -1.10. The zero-order valence-corrected chi connectivity index (χ0v) is 22.3. The fourth-order valence-electron chi connectivity index (χ4n) is 6.20. The zero-order chi connectivity index (χ0) is 28.8. The Bertz CT molecular complexity index is 1570. The molecule has 3 aliphatic heterocycles. The van der Waals surface area contributed by atoms with Crippen molar-refractivity contribution in [3.8, 4) is 5.75 Å². The van der Waals surface area contributed by atoms with E-state index in [2.05, 4.69) is 5.10 Å². The molecule has 2 saturated heterocycles. The first-order chi connectivity index (χ1) is 19.7. The largest absolute Gasteiger partial charge is 0.415 e. The second-order valence-electron chi connectivity index (χ2n) is 10.7. The van der Waals surface area contributed by atoms with Gasteiger partial charge in [0.25, 0.3) is 5.91 Å². The van der Waals surface area contributed by atoms with Crippen LogP contribution in [0.3, 0.4) is 0 Å². The van der Waals surface area contributed by atoms with Crippen LogP contribution in [0.15, 0.2) is 53.5 Å². The van der Waals surface area contributed by atoms with Gasteiger partial charge in [-0.3, -0.25) is 9.59 Å². The van der Waals surface area contributed by atoms with Gasteiger partial charge in [0, 0.05) is 44.2 Å². The number of benzene rings is 2. The van der Waals surface area contributed by atoms with Crippen molar-refractivity contribution in [3.63, 3.8) is 0 Å². The average Bonchev–Trinajstić information content (AvgIpc) is 3.45. The number of carbonyl (C=O) groups is 2. The number of nitrogens with zero attached hydrogens (tertiary/aromatic N) is 5. The molecule has 1 aromatic heterocycles. The monoisotopic (exact) mass is 567 g/mol. The number of amides is 2. The Morgan fingerprint density at radius 2 is 1.78 bits per heavy atom. The maximum atomic E-state index is 15.4. The summed E-state index contributed by atoms with van der Waals surface area (Å²) in [5, 5.41) is 4.28. The van der Waals surface area contributed by atoms with Crippen LogP contribution in [-0.4, -0.2) is 82.3 Å². The molecule has 4 heterocycles. The molecule has 214 valence electrons. The van der Waals surface area contributed by atoms with E-state index in [0.717, 1.165) is 12.3 Å². The normalized spacial score (nSPS) is 21.4.